The number of hydrogen-bond acceptors (Lipinski definition) is 4. The van der Waals surface area contributed by atoms with Gasteiger partial charge in [0.2, 0.25) is 5.91 Å². The third-order valence-corrected chi connectivity index (χ3v) is 3.19. The highest BCUT2D eigenvalue weighted by atomic mass is 16.3. The zero-order valence-corrected chi connectivity index (χ0v) is 10.9. The van der Waals surface area contributed by atoms with Gasteiger partial charge in [0.05, 0.1) is 12.1 Å². The average molecular weight is 243 g/mol. The van der Waals surface area contributed by atoms with Crippen LogP contribution < -0.4 is 11.1 Å². The number of amides is 1. The predicted octanol–water partition coefficient (Wildman–Crippen LogP) is -0.313. The Morgan fingerprint density at radius 2 is 2.06 bits per heavy atom. The van der Waals surface area contributed by atoms with Crippen LogP contribution in [0.15, 0.2) is 0 Å². The van der Waals surface area contributed by atoms with E-state index < -0.39 is 5.60 Å². The normalized spacial score (nSPS) is 18.6. The molecular formula is C12H25N3O2. The molecule has 0 aromatic rings. The summed E-state index contributed by atoms with van der Waals surface area (Å²) in [5.74, 6) is -0.292. The Labute approximate surface area is 103 Å². The van der Waals surface area contributed by atoms with Gasteiger partial charge in [-0.3, -0.25) is 9.69 Å². The van der Waals surface area contributed by atoms with Crippen LogP contribution >= 0.6 is 0 Å². The van der Waals surface area contributed by atoms with Crippen molar-refractivity contribution < 1.29 is 9.90 Å². The highest BCUT2D eigenvalue weighted by Gasteiger charge is 2.24. The lowest BCUT2D eigenvalue weighted by Crippen LogP contribution is -2.47. The van der Waals surface area contributed by atoms with Gasteiger partial charge in [0.15, 0.2) is 0 Å². The number of aliphatic hydroxyl groups is 1. The molecular weight excluding hydrogens is 218 g/mol. The summed E-state index contributed by atoms with van der Waals surface area (Å²) in [5, 5.41) is 13.0. The van der Waals surface area contributed by atoms with E-state index in [0.29, 0.717) is 19.0 Å². The Kier molecular flexibility index (Phi) is 5.36. The van der Waals surface area contributed by atoms with E-state index in [-0.39, 0.29) is 5.91 Å². The van der Waals surface area contributed by atoms with Crippen molar-refractivity contribution in [3.05, 3.63) is 0 Å². The topological polar surface area (TPSA) is 78.6 Å². The van der Waals surface area contributed by atoms with Gasteiger partial charge in [0.1, 0.15) is 0 Å². The van der Waals surface area contributed by atoms with Crippen molar-refractivity contribution >= 4 is 5.91 Å². The van der Waals surface area contributed by atoms with Crippen molar-refractivity contribution in [3.8, 4) is 0 Å². The molecule has 1 amide bonds. The zero-order valence-electron chi connectivity index (χ0n) is 10.9. The van der Waals surface area contributed by atoms with Crippen LogP contribution in [0, 0.1) is 0 Å². The first-order valence-electron chi connectivity index (χ1n) is 6.34. The van der Waals surface area contributed by atoms with E-state index in [1.54, 1.807) is 13.8 Å². The molecule has 1 saturated heterocycles. The van der Waals surface area contributed by atoms with Gasteiger partial charge in [-0.05, 0) is 46.2 Å². The molecule has 1 rings (SSSR count). The van der Waals surface area contributed by atoms with Crippen LogP contribution in [0.25, 0.3) is 0 Å². The summed E-state index contributed by atoms with van der Waals surface area (Å²) >= 11 is 0. The molecule has 5 nitrogen and oxygen atoms in total. The fourth-order valence-corrected chi connectivity index (χ4v) is 2.18. The maximum Gasteiger partial charge on any atom is 0.231 e. The summed E-state index contributed by atoms with van der Waals surface area (Å²) in [4.78, 5) is 13.2. The summed E-state index contributed by atoms with van der Waals surface area (Å²) in [6.07, 6.45) is 2.74. The second-order valence-electron chi connectivity index (χ2n) is 5.48. The molecule has 0 radical (unpaired) electrons. The fourth-order valence-electron chi connectivity index (χ4n) is 2.18. The van der Waals surface area contributed by atoms with Crippen molar-refractivity contribution in [2.24, 2.45) is 5.73 Å². The lowest BCUT2D eigenvalue weighted by atomic mass is 10.0. The number of nitrogens with two attached hydrogens (primary N) is 1. The minimum Gasteiger partial charge on any atom is -0.390 e. The number of piperidine rings is 1. The van der Waals surface area contributed by atoms with Crippen molar-refractivity contribution in [2.45, 2.75) is 44.8 Å². The lowest BCUT2D eigenvalue weighted by Gasteiger charge is -2.35. The Morgan fingerprint density at radius 3 is 2.53 bits per heavy atom. The Hall–Kier alpha value is -0.650. The molecule has 0 aliphatic carbocycles. The van der Waals surface area contributed by atoms with E-state index >= 15 is 0 Å². The minimum atomic E-state index is -0.692. The summed E-state index contributed by atoms with van der Waals surface area (Å²) in [7, 11) is 0. The molecule has 1 heterocycles. The van der Waals surface area contributed by atoms with Gasteiger partial charge in [-0.2, -0.15) is 0 Å². The third kappa shape index (κ3) is 6.00. The first-order valence-corrected chi connectivity index (χ1v) is 6.34. The first kappa shape index (κ1) is 14.4. The van der Waals surface area contributed by atoms with E-state index in [0.717, 1.165) is 32.5 Å². The molecule has 100 valence electrons. The average Bonchev–Trinajstić information content (AvgIpc) is 2.24. The van der Waals surface area contributed by atoms with E-state index in [9.17, 15) is 9.90 Å². The zero-order chi connectivity index (χ0) is 12.9. The molecule has 1 aliphatic heterocycles. The maximum absolute atomic E-state index is 11.1. The molecule has 0 aromatic carbocycles. The summed E-state index contributed by atoms with van der Waals surface area (Å²) < 4.78 is 0. The quantitative estimate of drug-likeness (QED) is 0.598. The van der Waals surface area contributed by atoms with Gasteiger partial charge in [-0.25, -0.2) is 0 Å². The van der Waals surface area contributed by atoms with Gasteiger partial charge < -0.3 is 16.2 Å². The summed E-state index contributed by atoms with van der Waals surface area (Å²) in [6.45, 7) is 6.57. The number of rotatable bonds is 6. The first-order chi connectivity index (χ1) is 7.88. The van der Waals surface area contributed by atoms with Crippen molar-refractivity contribution in [1.29, 1.82) is 0 Å². The van der Waals surface area contributed by atoms with Gasteiger partial charge in [0.25, 0.3) is 0 Å². The van der Waals surface area contributed by atoms with Crippen LogP contribution in [-0.4, -0.2) is 53.7 Å². The van der Waals surface area contributed by atoms with Crippen LogP contribution in [-0.2, 0) is 4.79 Å². The minimum absolute atomic E-state index is 0.292. The van der Waals surface area contributed by atoms with Crippen LogP contribution in [0.1, 0.15) is 33.1 Å². The number of nitrogens with one attached hydrogen (secondary N) is 1. The van der Waals surface area contributed by atoms with Crippen molar-refractivity contribution in [1.82, 2.24) is 10.2 Å². The second-order valence-corrected chi connectivity index (χ2v) is 5.48. The highest BCUT2D eigenvalue weighted by molar-refractivity contribution is 5.75. The summed E-state index contributed by atoms with van der Waals surface area (Å²) in [6, 6.07) is 0.408. The molecule has 1 aliphatic rings. The van der Waals surface area contributed by atoms with Gasteiger partial charge in [-0.1, -0.05) is 0 Å². The standard InChI is InChI=1S/C12H25N3O2/c1-12(2,17)5-8-15(9-11(13)16)10-3-6-14-7-4-10/h10,14,17H,3-9H2,1-2H3,(H2,13,16). The van der Waals surface area contributed by atoms with Crippen molar-refractivity contribution in [3.63, 3.8) is 0 Å². The number of primary amides is 1. The Balaban J connectivity index is 2.49. The molecule has 0 bridgehead atoms. The smallest absolute Gasteiger partial charge is 0.231 e. The lowest BCUT2D eigenvalue weighted by molar-refractivity contribution is -0.120. The van der Waals surface area contributed by atoms with E-state index in [1.807, 2.05) is 0 Å². The molecule has 0 saturated carbocycles. The van der Waals surface area contributed by atoms with Crippen LogP contribution in [0.2, 0.25) is 0 Å². The predicted molar refractivity (Wildman–Crippen MR) is 67.6 cm³/mol. The molecule has 4 N–H and O–H groups in total. The molecule has 17 heavy (non-hydrogen) atoms. The number of carbonyl (C=O) groups excluding carboxylic acids is 1. The van der Waals surface area contributed by atoms with Gasteiger partial charge in [0, 0.05) is 12.6 Å². The summed E-state index contributed by atoms with van der Waals surface area (Å²) in [5.41, 5.74) is 4.59. The van der Waals surface area contributed by atoms with Gasteiger partial charge >= 0.3 is 0 Å². The van der Waals surface area contributed by atoms with Gasteiger partial charge in [-0.15, -0.1) is 0 Å². The highest BCUT2D eigenvalue weighted by Crippen LogP contribution is 2.15. The molecule has 1 fully saturated rings. The number of nitrogens with zero attached hydrogens (tertiary/aromatic N) is 1. The van der Waals surface area contributed by atoms with Crippen LogP contribution in [0.5, 0.6) is 0 Å². The molecule has 0 spiro atoms. The van der Waals surface area contributed by atoms with E-state index in [4.69, 9.17) is 5.73 Å². The molecule has 0 atom stereocenters. The van der Waals surface area contributed by atoms with Crippen LogP contribution in [0.3, 0.4) is 0 Å². The van der Waals surface area contributed by atoms with E-state index in [1.165, 1.54) is 0 Å². The number of carbonyl (C=O) groups is 1. The number of hydrogen-bond donors (Lipinski definition) is 3. The van der Waals surface area contributed by atoms with Crippen LogP contribution in [0.4, 0.5) is 0 Å². The maximum atomic E-state index is 11.1. The van der Waals surface area contributed by atoms with Crippen molar-refractivity contribution in [2.75, 3.05) is 26.2 Å². The molecule has 0 aromatic heterocycles. The molecule has 0 unspecified atom stereocenters. The molecule has 5 heteroatoms. The Morgan fingerprint density at radius 1 is 1.47 bits per heavy atom. The SMILES string of the molecule is CC(C)(O)CCN(CC(N)=O)C1CCNCC1. The second kappa shape index (κ2) is 6.33. The monoisotopic (exact) mass is 243 g/mol. The largest absolute Gasteiger partial charge is 0.390 e. The fraction of sp³-hybridized carbons (Fsp3) is 0.917. The van der Waals surface area contributed by atoms with E-state index in [2.05, 4.69) is 10.2 Å². The Bertz CT molecular complexity index is 245. The third-order valence-electron chi connectivity index (χ3n) is 3.19.